The number of carbonyl (C=O) groups is 2. The number of nitrogens with zero attached hydrogens (tertiary/aromatic N) is 4. The van der Waals surface area contributed by atoms with Crippen LogP contribution in [0.2, 0.25) is 0 Å². The van der Waals surface area contributed by atoms with Crippen molar-refractivity contribution in [2.45, 2.75) is 18.6 Å². The molecule has 0 aliphatic heterocycles. The molecule has 10 nitrogen and oxygen atoms in total. The second-order valence-electron chi connectivity index (χ2n) is 6.82. The molecule has 2 aromatic carbocycles. The number of carbonyl (C=O) groups excluding carboxylic acids is 2. The van der Waals surface area contributed by atoms with Crippen molar-refractivity contribution >= 4 is 29.9 Å². The van der Waals surface area contributed by atoms with Crippen LogP contribution in [-0.4, -0.2) is 59.9 Å². The van der Waals surface area contributed by atoms with Crippen LogP contribution in [0.3, 0.4) is 0 Å². The molecule has 0 radical (unpaired) electrons. The van der Waals surface area contributed by atoms with Gasteiger partial charge in [-0.25, -0.2) is 10.2 Å². The summed E-state index contributed by atoms with van der Waals surface area (Å²) in [6, 6.07) is 12.2. The molecular formula is C23H25N5O5S. The van der Waals surface area contributed by atoms with Gasteiger partial charge in [0.05, 0.1) is 38.9 Å². The van der Waals surface area contributed by atoms with Gasteiger partial charge in [-0.15, -0.1) is 10.2 Å². The van der Waals surface area contributed by atoms with Crippen LogP contribution >= 0.6 is 11.8 Å². The molecule has 1 aromatic heterocycles. The van der Waals surface area contributed by atoms with E-state index in [9.17, 15) is 9.59 Å². The molecule has 0 aliphatic rings. The first-order valence-corrected chi connectivity index (χ1v) is 11.3. The Hall–Kier alpha value is -3.86. The molecule has 0 saturated carbocycles. The second kappa shape index (κ2) is 11.8. The molecule has 1 amide bonds. The summed E-state index contributed by atoms with van der Waals surface area (Å²) in [7, 11) is 4.48. The Balaban J connectivity index is 1.60. The number of benzene rings is 2. The minimum atomic E-state index is -0.414. The van der Waals surface area contributed by atoms with Gasteiger partial charge in [-0.05, 0) is 42.8 Å². The van der Waals surface area contributed by atoms with Crippen LogP contribution in [0.15, 0.2) is 52.7 Å². The Labute approximate surface area is 201 Å². The van der Waals surface area contributed by atoms with Gasteiger partial charge in [0.25, 0.3) is 5.91 Å². The van der Waals surface area contributed by atoms with E-state index in [0.29, 0.717) is 34.6 Å². The van der Waals surface area contributed by atoms with E-state index in [1.54, 1.807) is 38.5 Å². The summed E-state index contributed by atoms with van der Waals surface area (Å²) < 4.78 is 17.2. The lowest BCUT2D eigenvalue weighted by molar-refractivity contribution is -0.118. The molecule has 0 saturated heterocycles. The van der Waals surface area contributed by atoms with E-state index in [1.807, 2.05) is 29.7 Å². The number of rotatable bonds is 10. The van der Waals surface area contributed by atoms with Crippen molar-refractivity contribution in [3.8, 4) is 22.9 Å². The van der Waals surface area contributed by atoms with Gasteiger partial charge in [-0.1, -0.05) is 23.9 Å². The van der Waals surface area contributed by atoms with Crippen molar-refractivity contribution in [3.05, 3.63) is 53.6 Å². The minimum absolute atomic E-state index is 0.114. The SMILES string of the molecule is CCn1c(SCC(=O)NN=Cc2ccc(C(=O)OC)cc2)nnc1-c1ccc(OC)c(OC)c1. The summed E-state index contributed by atoms with van der Waals surface area (Å²) in [5.74, 6) is 1.30. The maximum absolute atomic E-state index is 12.2. The average Bonchev–Trinajstić information content (AvgIpc) is 3.29. The van der Waals surface area contributed by atoms with Gasteiger partial charge in [0, 0.05) is 12.1 Å². The van der Waals surface area contributed by atoms with E-state index < -0.39 is 5.97 Å². The molecule has 0 fully saturated rings. The molecule has 0 atom stereocenters. The standard InChI is InChI=1S/C23H25N5O5S/c1-5-28-21(17-10-11-18(31-2)19(12-17)32-3)26-27-23(28)34-14-20(29)25-24-13-15-6-8-16(9-7-15)22(30)33-4/h6-13H,5,14H2,1-4H3,(H,25,29). The van der Waals surface area contributed by atoms with Gasteiger partial charge < -0.3 is 18.8 Å². The first-order valence-electron chi connectivity index (χ1n) is 10.3. The minimum Gasteiger partial charge on any atom is -0.493 e. The van der Waals surface area contributed by atoms with Crippen molar-refractivity contribution in [1.82, 2.24) is 20.2 Å². The van der Waals surface area contributed by atoms with E-state index in [0.717, 1.165) is 11.1 Å². The number of hydrazone groups is 1. The first kappa shape index (κ1) is 24.8. The first-order chi connectivity index (χ1) is 16.5. The highest BCUT2D eigenvalue weighted by Crippen LogP contribution is 2.32. The van der Waals surface area contributed by atoms with Gasteiger partial charge in [0.1, 0.15) is 0 Å². The molecule has 1 heterocycles. The topological polar surface area (TPSA) is 117 Å². The molecular weight excluding hydrogens is 458 g/mol. The monoisotopic (exact) mass is 483 g/mol. The number of thioether (sulfide) groups is 1. The van der Waals surface area contributed by atoms with Crippen LogP contribution in [0, 0.1) is 0 Å². The van der Waals surface area contributed by atoms with E-state index >= 15 is 0 Å². The maximum atomic E-state index is 12.2. The van der Waals surface area contributed by atoms with E-state index in [4.69, 9.17) is 9.47 Å². The smallest absolute Gasteiger partial charge is 0.337 e. The summed E-state index contributed by atoms with van der Waals surface area (Å²) in [5.41, 5.74) is 4.47. The van der Waals surface area contributed by atoms with Crippen LogP contribution in [0.4, 0.5) is 0 Å². The normalized spacial score (nSPS) is 10.8. The van der Waals surface area contributed by atoms with Crippen LogP contribution in [-0.2, 0) is 16.1 Å². The Morgan fingerprint density at radius 1 is 1.06 bits per heavy atom. The number of esters is 1. The third kappa shape index (κ3) is 5.93. The number of aromatic nitrogens is 3. The van der Waals surface area contributed by atoms with Gasteiger partial charge in [0.15, 0.2) is 22.5 Å². The Morgan fingerprint density at radius 3 is 2.44 bits per heavy atom. The highest BCUT2D eigenvalue weighted by atomic mass is 32.2. The zero-order valence-corrected chi connectivity index (χ0v) is 20.1. The van der Waals surface area contributed by atoms with Crippen LogP contribution in [0.5, 0.6) is 11.5 Å². The molecule has 3 aromatic rings. The van der Waals surface area contributed by atoms with Crippen molar-refractivity contribution in [3.63, 3.8) is 0 Å². The molecule has 1 N–H and O–H groups in total. The van der Waals surface area contributed by atoms with Gasteiger partial charge >= 0.3 is 5.97 Å². The number of hydrogen-bond acceptors (Lipinski definition) is 9. The highest BCUT2D eigenvalue weighted by molar-refractivity contribution is 7.99. The lowest BCUT2D eigenvalue weighted by atomic mass is 10.1. The van der Waals surface area contributed by atoms with Crippen LogP contribution in [0.25, 0.3) is 11.4 Å². The number of nitrogens with one attached hydrogen (secondary N) is 1. The predicted octanol–water partition coefficient (Wildman–Crippen LogP) is 3.01. The number of hydrogen-bond donors (Lipinski definition) is 1. The predicted molar refractivity (Wildman–Crippen MR) is 128 cm³/mol. The molecule has 0 bridgehead atoms. The maximum Gasteiger partial charge on any atom is 0.337 e. The largest absolute Gasteiger partial charge is 0.493 e. The molecule has 0 unspecified atom stereocenters. The summed E-state index contributed by atoms with van der Waals surface area (Å²) in [6.45, 7) is 2.61. The lowest BCUT2D eigenvalue weighted by Crippen LogP contribution is -2.20. The fourth-order valence-electron chi connectivity index (χ4n) is 3.03. The third-order valence-electron chi connectivity index (χ3n) is 4.74. The van der Waals surface area contributed by atoms with Crippen LogP contribution < -0.4 is 14.9 Å². The van der Waals surface area contributed by atoms with E-state index in [1.165, 1.54) is 25.1 Å². The number of amides is 1. The zero-order valence-electron chi connectivity index (χ0n) is 19.3. The highest BCUT2D eigenvalue weighted by Gasteiger charge is 2.16. The van der Waals surface area contributed by atoms with Gasteiger partial charge in [-0.3, -0.25) is 4.79 Å². The number of methoxy groups -OCH3 is 3. The zero-order chi connectivity index (χ0) is 24.5. The summed E-state index contributed by atoms with van der Waals surface area (Å²) >= 11 is 1.26. The number of ether oxygens (including phenoxy) is 3. The summed E-state index contributed by atoms with van der Waals surface area (Å²) in [6.07, 6.45) is 1.49. The molecule has 0 aliphatic carbocycles. The average molecular weight is 484 g/mol. The van der Waals surface area contributed by atoms with Gasteiger partial charge in [-0.2, -0.15) is 5.10 Å². The molecule has 178 valence electrons. The second-order valence-corrected chi connectivity index (χ2v) is 7.76. The quantitative estimate of drug-likeness (QED) is 0.202. The van der Waals surface area contributed by atoms with Gasteiger partial charge in [0.2, 0.25) is 0 Å². The van der Waals surface area contributed by atoms with Crippen molar-refractivity contribution in [2.75, 3.05) is 27.1 Å². The Bertz CT molecular complexity index is 1180. The Morgan fingerprint density at radius 2 is 1.79 bits per heavy atom. The fourth-order valence-corrected chi connectivity index (χ4v) is 3.83. The van der Waals surface area contributed by atoms with Crippen molar-refractivity contribution in [1.29, 1.82) is 0 Å². The Kier molecular flexibility index (Phi) is 8.63. The molecule has 34 heavy (non-hydrogen) atoms. The lowest BCUT2D eigenvalue weighted by Gasteiger charge is -2.10. The molecule has 3 rings (SSSR count). The summed E-state index contributed by atoms with van der Waals surface area (Å²) in [5, 5.41) is 13.1. The van der Waals surface area contributed by atoms with Crippen LogP contribution in [0.1, 0.15) is 22.8 Å². The molecule has 0 spiro atoms. The van der Waals surface area contributed by atoms with E-state index in [-0.39, 0.29) is 11.7 Å². The third-order valence-corrected chi connectivity index (χ3v) is 5.71. The van der Waals surface area contributed by atoms with Crippen molar-refractivity contribution in [2.24, 2.45) is 5.10 Å². The van der Waals surface area contributed by atoms with Crippen molar-refractivity contribution < 1.29 is 23.8 Å². The fraction of sp³-hybridized carbons (Fsp3) is 0.261. The summed E-state index contributed by atoms with van der Waals surface area (Å²) in [4.78, 5) is 23.7. The molecule has 11 heteroatoms. The van der Waals surface area contributed by atoms with E-state index in [2.05, 4.69) is 25.5 Å².